The number of nitrogens with one attached hydrogen (secondary N) is 1. The second kappa shape index (κ2) is 6.69. The fourth-order valence-corrected chi connectivity index (χ4v) is 4.87. The Labute approximate surface area is 134 Å². The molecule has 3 aliphatic rings. The second-order valence-corrected chi connectivity index (χ2v) is 7.24. The predicted octanol–water partition coefficient (Wildman–Crippen LogP) is 2.48. The average molecular weight is 299 g/mol. The highest BCUT2D eigenvalue weighted by molar-refractivity contribution is 5.15. The van der Waals surface area contributed by atoms with E-state index in [0.717, 1.165) is 25.2 Å². The maximum Gasteiger partial charge on any atom is 0.0380 e. The summed E-state index contributed by atoms with van der Waals surface area (Å²) < 4.78 is 0. The highest BCUT2D eigenvalue weighted by Gasteiger charge is 2.41. The molecule has 1 aromatic carbocycles. The smallest absolute Gasteiger partial charge is 0.0380 e. The first-order chi connectivity index (χ1) is 10.9. The van der Waals surface area contributed by atoms with Gasteiger partial charge in [-0.3, -0.25) is 9.80 Å². The Morgan fingerprint density at radius 1 is 0.909 bits per heavy atom. The van der Waals surface area contributed by atoms with Crippen molar-refractivity contribution < 1.29 is 0 Å². The molecule has 0 bridgehead atoms. The molecule has 0 unspecified atom stereocenters. The number of piperazine rings is 1. The van der Waals surface area contributed by atoms with Gasteiger partial charge in [0.15, 0.2) is 0 Å². The number of hydrogen-bond acceptors (Lipinski definition) is 3. The van der Waals surface area contributed by atoms with Crippen molar-refractivity contribution in [1.82, 2.24) is 15.1 Å². The summed E-state index contributed by atoms with van der Waals surface area (Å²) in [5.41, 5.74) is 1.46. The van der Waals surface area contributed by atoms with Crippen LogP contribution in [0.1, 0.15) is 37.7 Å². The van der Waals surface area contributed by atoms with E-state index in [4.69, 9.17) is 0 Å². The van der Waals surface area contributed by atoms with E-state index in [0.29, 0.717) is 6.04 Å². The van der Waals surface area contributed by atoms with Crippen LogP contribution in [0.3, 0.4) is 0 Å². The van der Waals surface area contributed by atoms with Crippen LogP contribution in [-0.4, -0.2) is 54.1 Å². The molecular weight excluding hydrogens is 270 g/mol. The summed E-state index contributed by atoms with van der Waals surface area (Å²) in [7, 11) is 0. The van der Waals surface area contributed by atoms with Crippen molar-refractivity contribution in [3.05, 3.63) is 35.9 Å². The van der Waals surface area contributed by atoms with E-state index >= 15 is 0 Å². The molecule has 22 heavy (non-hydrogen) atoms. The second-order valence-electron chi connectivity index (χ2n) is 7.24. The number of hydrogen-bond donors (Lipinski definition) is 1. The van der Waals surface area contributed by atoms with Crippen LogP contribution in [-0.2, 0) is 6.54 Å². The van der Waals surface area contributed by atoms with Crippen molar-refractivity contribution in [3.8, 4) is 0 Å². The molecule has 3 atom stereocenters. The van der Waals surface area contributed by atoms with Gasteiger partial charge in [-0.15, -0.1) is 0 Å². The van der Waals surface area contributed by atoms with E-state index in [1.807, 2.05) is 0 Å². The number of fused-ring (bicyclic) bond motifs is 1. The molecule has 0 spiro atoms. The van der Waals surface area contributed by atoms with Crippen molar-refractivity contribution in [2.45, 2.75) is 56.8 Å². The van der Waals surface area contributed by atoms with Crippen LogP contribution >= 0.6 is 0 Å². The van der Waals surface area contributed by atoms with Gasteiger partial charge in [0.2, 0.25) is 0 Å². The third kappa shape index (κ3) is 2.94. The van der Waals surface area contributed by atoms with E-state index in [9.17, 15) is 0 Å². The third-order valence-corrected chi connectivity index (χ3v) is 5.92. The lowest BCUT2D eigenvalue weighted by atomic mass is 9.82. The molecule has 2 heterocycles. The maximum absolute atomic E-state index is 3.88. The molecule has 2 aliphatic heterocycles. The van der Waals surface area contributed by atoms with E-state index in [1.54, 1.807) is 0 Å². The normalized spacial score (nSPS) is 33.7. The van der Waals surface area contributed by atoms with Gasteiger partial charge in [-0.1, -0.05) is 36.8 Å². The predicted molar refractivity (Wildman–Crippen MR) is 90.9 cm³/mol. The lowest BCUT2D eigenvalue weighted by Crippen LogP contribution is -2.66. The van der Waals surface area contributed by atoms with Gasteiger partial charge in [0.1, 0.15) is 0 Å². The summed E-state index contributed by atoms with van der Waals surface area (Å²) in [5, 5.41) is 3.88. The Bertz CT molecular complexity index is 469. The van der Waals surface area contributed by atoms with Crippen LogP contribution in [0.2, 0.25) is 0 Å². The van der Waals surface area contributed by atoms with Crippen LogP contribution in [0.25, 0.3) is 0 Å². The van der Waals surface area contributed by atoms with Gasteiger partial charge < -0.3 is 5.32 Å². The van der Waals surface area contributed by atoms with Gasteiger partial charge >= 0.3 is 0 Å². The van der Waals surface area contributed by atoms with Crippen molar-refractivity contribution >= 4 is 0 Å². The Morgan fingerprint density at radius 2 is 1.68 bits per heavy atom. The van der Waals surface area contributed by atoms with E-state index in [1.165, 1.54) is 57.3 Å². The zero-order valence-corrected chi connectivity index (χ0v) is 13.6. The molecule has 1 aromatic rings. The molecule has 2 saturated heterocycles. The Kier molecular flexibility index (Phi) is 4.47. The van der Waals surface area contributed by atoms with Gasteiger partial charge in [0.25, 0.3) is 0 Å². The first-order valence-electron chi connectivity index (χ1n) is 9.17. The van der Waals surface area contributed by atoms with Crippen LogP contribution < -0.4 is 5.32 Å². The van der Waals surface area contributed by atoms with Crippen LogP contribution in [0.5, 0.6) is 0 Å². The molecule has 120 valence electrons. The lowest BCUT2D eigenvalue weighted by molar-refractivity contribution is 0.0278. The van der Waals surface area contributed by atoms with Crippen molar-refractivity contribution in [2.75, 3.05) is 26.2 Å². The topological polar surface area (TPSA) is 18.5 Å². The number of nitrogens with zero attached hydrogens (tertiary/aromatic N) is 2. The standard InChI is InChI=1S/C19H29N3/c1-2-7-16(8-3-1)15-22-14-11-20-19-17(9-6-10-18(19)22)21-12-4-5-13-21/h1-3,7-8,17-20H,4-6,9-15H2/t17-,18+,19+/m0/s1. The minimum Gasteiger partial charge on any atom is -0.310 e. The fraction of sp³-hybridized carbons (Fsp3) is 0.684. The lowest BCUT2D eigenvalue weighted by Gasteiger charge is -2.50. The first-order valence-corrected chi connectivity index (χ1v) is 9.17. The highest BCUT2D eigenvalue weighted by atomic mass is 15.3. The number of benzene rings is 1. The molecular formula is C19H29N3. The Hall–Kier alpha value is -0.900. The highest BCUT2D eigenvalue weighted by Crippen LogP contribution is 2.31. The third-order valence-electron chi connectivity index (χ3n) is 5.92. The molecule has 0 amide bonds. The largest absolute Gasteiger partial charge is 0.310 e. The monoisotopic (exact) mass is 299 g/mol. The minimum atomic E-state index is 0.685. The summed E-state index contributed by atoms with van der Waals surface area (Å²) in [6, 6.07) is 13.2. The van der Waals surface area contributed by atoms with Crippen LogP contribution in [0.15, 0.2) is 30.3 Å². The first kappa shape index (κ1) is 14.7. The van der Waals surface area contributed by atoms with Gasteiger partial charge in [-0.25, -0.2) is 0 Å². The summed E-state index contributed by atoms with van der Waals surface area (Å²) in [6.45, 7) is 6.13. The maximum atomic E-state index is 3.88. The number of likely N-dealkylation sites (tertiary alicyclic amines) is 1. The Balaban J connectivity index is 1.48. The summed E-state index contributed by atoms with van der Waals surface area (Å²) in [6.07, 6.45) is 6.97. The summed E-state index contributed by atoms with van der Waals surface area (Å²) in [4.78, 5) is 5.52. The molecule has 3 fully saturated rings. The summed E-state index contributed by atoms with van der Waals surface area (Å²) in [5.74, 6) is 0. The van der Waals surface area contributed by atoms with E-state index in [-0.39, 0.29) is 0 Å². The molecule has 3 heteroatoms. The zero-order chi connectivity index (χ0) is 14.8. The zero-order valence-electron chi connectivity index (χ0n) is 13.6. The van der Waals surface area contributed by atoms with E-state index < -0.39 is 0 Å². The SMILES string of the molecule is c1ccc(CN2CCN[C@H]3[C@H]2CCC[C@@H]3N2CCCC2)cc1. The van der Waals surface area contributed by atoms with Crippen molar-refractivity contribution in [1.29, 1.82) is 0 Å². The Morgan fingerprint density at radius 3 is 2.50 bits per heavy atom. The molecule has 1 saturated carbocycles. The van der Waals surface area contributed by atoms with E-state index in [2.05, 4.69) is 45.4 Å². The molecule has 0 aromatic heterocycles. The summed E-state index contributed by atoms with van der Waals surface area (Å²) >= 11 is 0. The molecule has 1 aliphatic carbocycles. The van der Waals surface area contributed by atoms with Crippen molar-refractivity contribution in [2.24, 2.45) is 0 Å². The van der Waals surface area contributed by atoms with Gasteiger partial charge in [-0.05, 0) is 44.3 Å². The van der Waals surface area contributed by atoms with Gasteiger partial charge in [0.05, 0.1) is 0 Å². The van der Waals surface area contributed by atoms with Gasteiger partial charge in [-0.2, -0.15) is 0 Å². The molecule has 4 rings (SSSR count). The van der Waals surface area contributed by atoms with Crippen LogP contribution in [0, 0.1) is 0 Å². The minimum absolute atomic E-state index is 0.685. The molecule has 0 radical (unpaired) electrons. The molecule has 1 N–H and O–H groups in total. The van der Waals surface area contributed by atoms with Gasteiger partial charge in [0, 0.05) is 37.8 Å². The van der Waals surface area contributed by atoms with Crippen molar-refractivity contribution in [3.63, 3.8) is 0 Å². The quantitative estimate of drug-likeness (QED) is 0.925. The number of rotatable bonds is 3. The fourth-order valence-electron chi connectivity index (χ4n) is 4.87. The molecule has 3 nitrogen and oxygen atoms in total. The van der Waals surface area contributed by atoms with Crippen LogP contribution in [0.4, 0.5) is 0 Å². The average Bonchev–Trinajstić information content (AvgIpc) is 3.10.